The van der Waals surface area contributed by atoms with Crippen LogP contribution in [0, 0.1) is 0 Å². The fourth-order valence-corrected chi connectivity index (χ4v) is 4.80. The van der Waals surface area contributed by atoms with E-state index in [4.69, 9.17) is 0 Å². The molecule has 0 radical (unpaired) electrons. The van der Waals surface area contributed by atoms with E-state index in [1.54, 1.807) is 35.7 Å². The Morgan fingerprint density at radius 2 is 2.00 bits per heavy atom. The van der Waals surface area contributed by atoms with Crippen molar-refractivity contribution in [2.45, 2.75) is 25.4 Å². The molecule has 1 fully saturated rings. The summed E-state index contributed by atoms with van der Waals surface area (Å²) < 4.78 is 0. The number of imide groups is 1. The lowest BCUT2D eigenvalue weighted by molar-refractivity contribution is -0.136. The predicted octanol–water partition coefficient (Wildman–Crippen LogP) is 2.76. The number of rotatable bonds is 4. The molecule has 5 rings (SSSR count). The smallest absolute Gasteiger partial charge is 0.272 e. The van der Waals surface area contributed by atoms with Gasteiger partial charge in [-0.15, -0.1) is 11.3 Å². The average Bonchev–Trinajstić information content (AvgIpc) is 3.48. The van der Waals surface area contributed by atoms with Gasteiger partial charge in [0.1, 0.15) is 11.7 Å². The zero-order chi connectivity index (χ0) is 21.5. The van der Waals surface area contributed by atoms with E-state index in [1.165, 1.54) is 4.90 Å². The van der Waals surface area contributed by atoms with Crippen LogP contribution in [0.25, 0.3) is 10.4 Å². The standard InChI is InChI=1S/C22H18N4O4S/c27-18-6-5-16(20(28)25-18)26-11-12-10-13(3-4-14(12)22(26)30)24-21(29)19-15(7-8-23-19)17-2-1-9-31-17/h1-4,7-10,16,23H,5-6,11H2,(H,24,29)(H,25,27,28). The van der Waals surface area contributed by atoms with Crippen LogP contribution in [0.4, 0.5) is 5.69 Å². The molecule has 2 aliphatic heterocycles. The number of piperidine rings is 1. The summed E-state index contributed by atoms with van der Waals surface area (Å²) in [4.78, 5) is 54.7. The Morgan fingerprint density at radius 3 is 2.77 bits per heavy atom. The van der Waals surface area contributed by atoms with Crippen molar-refractivity contribution in [2.24, 2.45) is 0 Å². The summed E-state index contributed by atoms with van der Waals surface area (Å²) in [6, 6.07) is 10.2. The van der Waals surface area contributed by atoms with Crippen LogP contribution in [-0.4, -0.2) is 39.6 Å². The Labute approximate surface area is 181 Å². The number of carbonyl (C=O) groups is 4. The second kappa shape index (κ2) is 7.51. The summed E-state index contributed by atoms with van der Waals surface area (Å²) >= 11 is 1.55. The summed E-state index contributed by atoms with van der Waals surface area (Å²) in [6.45, 7) is 0.257. The first-order valence-electron chi connectivity index (χ1n) is 9.81. The van der Waals surface area contributed by atoms with Gasteiger partial charge in [-0.05, 0) is 47.7 Å². The number of thiophene rings is 1. The molecule has 1 aromatic carbocycles. The van der Waals surface area contributed by atoms with Crippen LogP contribution in [0.5, 0.6) is 0 Å². The molecule has 1 saturated heterocycles. The fraction of sp³-hybridized carbons (Fsp3) is 0.182. The van der Waals surface area contributed by atoms with Crippen molar-refractivity contribution in [1.29, 1.82) is 0 Å². The van der Waals surface area contributed by atoms with Gasteiger partial charge < -0.3 is 15.2 Å². The van der Waals surface area contributed by atoms with Crippen LogP contribution >= 0.6 is 11.3 Å². The van der Waals surface area contributed by atoms with Crippen LogP contribution in [0.1, 0.15) is 39.3 Å². The van der Waals surface area contributed by atoms with Gasteiger partial charge in [0.05, 0.1) is 0 Å². The third-order valence-electron chi connectivity index (χ3n) is 5.54. The first-order chi connectivity index (χ1) is 15.0. The summed E-state index contributed by atoms with van der Waals surface area (Å²) in [5.41, 5.74) is 3.09. The van der Waals surface area contributed by atoms with Gasteiger partial charge in [0.15, 0.2) is 0 Å². The summed E-state index contributed by atoms with van der Waals surface area (Å²) in [6.07, 6.45) is 2.25. The monoisotopic (exact) mass is 434 g/mol. The van der Waals surface area contributed by atoms with Crippen molar-refractivity contribution in [1.82, 2.24) is 15.2 Å². The number of carbonyl (C=O) groups excluding carboxylic acids is 4. The third-order valence-corrected chi connectivity index (χ3v) is 6.45. The number of H-pyrrole nitrogens is 1. The van der Waals surface area contributed by atoms with Gasteiger partial charge in [-0.25, -0.2) is 0 Å². The van der Waals surface area contributed by atoms with E-state index in [9.17, 15) is 19.2 Å². The zero-order valence-corrected chi connectivity index (χ0v) is 17.1. The molecule has 1 atom stereocenters. The number of aromatic nitrogens is 1. The second-order valence-corrected chi connectivity index (χ2v) is 8.42. The molecular weight excluding hydrogens is 416 g/mol. The van der Waals surface area contributed by atoms with Crippen molar-refractivity contribution in [3.63, 3.8) is 0 Å². The molecular formula is C22H18N4O4S. The van der Waals surface area contributed by atoms with Crippen LogP contribution in [-0.2, 0) is 16.1 Å². The molecule has 3 N–H and O–H groups in total. The molecule has 31 heavy (non-hydrogen) atoms. The Balaban J connectivity index is 1.34. The van der Waals surface area contributed by atoms with Gasteiger partial charge >= 0.3 is 0 Å². The van der Waals surface area contributed by atoms with Crippen LogP contribution in [0.15, 0.2) is 48.0 Å². The third kappa shape index (κ3) is 3.42. The van der Waals surface area contributed by atoms with Crippen LogP contribution < -0.4 is 10.6 Å². The predicted molar refractivity (Wildman–Crippen MR) is 115 cm³/mol. The number of fused-ring (bicyclic) bond motifs is 1. The molecule has 0 spiro atoms. The minimum atomic E-state index is -0.664. The molecule has 4 heterocycles. The van der Waals surface area contributed by atoms with Gasteiger partial charge in [-0.3, -0.25) is 24.5 Å². The average molecular weight is 434 g/mol. The highest BCUT2D eigenvalue weighted by Gasteiger charge is 2.39. The van der Waals surface area contributed by atoms with E-state index in [0.29, 0.717) is 23.4 Å². The van der Waals surface area contributed by atoms with Crippen molar-refractivity contribution in [2.75, 3.05) is 5.32 Å². The van der Waals surface area contributed by atoms with Crippen molar-refractivity contribution < 1.29 is 19.2 Å². The molecule has 1 unspecified atom stereocenters. The maximum absolute atomic E-state index is 12.8. The van der Waals surface area contributed by atoms with Crippen molar-refractivity contribution in [3.05, 3.63) is 64.8 Å². The molecule has 0 saturated carbocycles. The van der Waals surface area contributed by atoms with Crippen LogP contribution in [0.2, 0.25) is 0 Å². The highest BCUT2D eigenvalue weighted by molar-refractivity contribution is 7.13. The fourth-order valence-electron chi connectivity index (χ4n) is 4.04. The minimum absolute atomic E-state index is 0.209. The number of aromatic amines is 1. The van der Waals surface area contributed by atoms with Gasteiger partial charge in [-0.1, -0.05) is 6.07 Å². The zero-order valence-electron chi connectivity index (χ0n) is 16.3. The van der Waals surface area contributed by atoms with E-state index in [0.717, 1.165) is 16.0 Å². The lowest BCUT2D eigenvalue weighted by Crippen LogP contribution is -2.52. The van der Waals surface area contributed by atoms with E-state index >= 15 is 0 Å². The molecule has 2 aliphatic rings. The Hall–Kier alpha value is -3.72. The van der Waals surface area contributed by atoms with Crippen molar-refractivity contribution >= 4 is 40.7 Å². The summed E-state index contributed by atoms with van der Waals surface area (Å²) in [5, 5.41) is 7.13. The maximum atomic E-state index is 12.8. The largest absolute Gasteiger partial charge is 0.357 e. The maximum Gasteiger partial charge on any atom is 0.272 e. The quantitative estimate of drug-likeness (QED) is 0.548. The first kappa shape index (κ1) is 19.3. The van der Waals surface area contributed by atoms with E-state index in [1.807, 2.05) is 23.6 Å². The van der Waals surface area contributed by atoms with E-state index in [-0.39, 0.29) is 30.7 Å². The second-order valence-electron chi connectivity index (χ2n) is 7.47. The number of hydrogen-bond acceptors (Lipinski definition) is 5. The Kier molecular flexibility index (Phi) is 4.67. The van der Waals surface area contributed by atoms with Gasteiger partial charge in [0.25, 0.3) is 11.8 Å². The first-order valence-corrected chi connectivity index (χ1v) is 10.7. The number of nitrogens with one attached hydrogen (secondary N) is 3. The normalized spacial score (nSPS) is 18.1. The highest BCUT2D eigenvalue weighted by Crippen LogP contribution is 2.31. The van der Waals surface area contributed by atoms with Crippen molar-refractivity contribution in [3.8, 4) is 10.4 Å². The SMILES string of the molecule is O=C1CCC(N2Cc3cc(NC(=O)c4[nH]ccc4-c4cccs4)ccc3C2=O)C(=O)N1. The number of amides is 4. The minimum Gasteiger partial charge on any atom is -0.357 e. The number of benzene rings is 1. The molecule has 4 amide bonds. The number of anilines is 1. The molecule has 0 aliphatic carbocycles. The van der Waals surface area contributed by atoms with Gasteiger partial charge in [0.2, 0.25) is 11.8 Å². The molecule has 9 heteroatoms. The van der Waals surface area contributed by atoms with Crippen LogP contribution in [0.3, 0.4) is 0 Å². The Bertz CT molecular complexity index is 1210. The molecule has 2 aromatic heterocycles. The summed E-state index contributed by atoms with van der Waals surface area (Å²) in [5.74, 6) is -1.29. The Morgan fingerprint density at radius 1 is 1.13 bits per heavy atom. The van der Waals surface area contributed by atoms with Gasteiger partial charge in [0, 0.05) is 40.9 Å². The number of nitrogens with zero attached hydrogens (tertiary/aromatic N) is 1. The molecule has 0 bridgehead atoms. The summed E-state index contributed by atoms with van der Waals surface area (Å²) in [7, 11) is 0. The molecule has 3 aromatic rings. The van der Waals surface area contributed by atoms with Gasteiger partial charge in [-0.2, -0.15) is 0 Å². The lowest BCUT2D eigenvalue weighted by atomic mass is 10.0. The molecule has 156 valence electrons. The molecule has 8 nitrogen and oxygen atoms in total. The van der Waals surface area contributed by atoms with E-state index < -0.39 is 11.9 Å². The lowest BCUT2D eigenvalue weighted by Gasteiger charge is -2.29. The number of hydrogen-bond donors (Lipinski definition) is 3. The van der Waals surface area contributed by atoms with E-state index in [2.05, 4.69) is 15.6 Å². The highest BCUT2D eigenvalue weighted by atomic mass is 32.1. The topological polar surface area (TPSA) is 111 Å².